The molecule has 0 fully saturated rings. The molecule has 0 saturated heterocycles. The van der Waals surface area contributed by atoms with E-state index in [-0.39, 0.29) is 11.8 Å². The van der Waals surface area contributed by atoms with E-state index in [0.29, 0.717) is 31.9 Å². The minimum Gasteiger partial charge on any atom is -0.494 e. The Hall–Kier alpha value is -4.10. The molecule has 5 rings (SSSR count). The fourth-order valence-electron chi connectivity index (χ4n) is 5.43. The number of carbonyl (C=O) groups excluding carboxylic acids is 2. The minimum atomic E-state index is -0.589. The van der Waals surface area contributed by atoms with Crippen molar-refractivity contribution in [1.29, 1.82) is 0 Å². The first kappa shape index (κ1) is 25.5. The van der Waals surface area contributed by atoms with Gasteiger partial charge in [0.15, 0.2) is 0 Å². The molecule has 2 heterocycles. The first-order chi connectivity index (χ1) is 18.5. The molecule has 1 N–H and O–H groups in total. The van der Waals surface area contributed by atoms with Gasteiger partial charge >= 0.3 is 0 Å². The van der Waals surface area contributed by atoms with Crippen LogP contribution < -0.4 is 10.1 Å². The van der Waals surface area contributed by atoms with Crippen LogP contribution in [0.3, 0.4) is 0 Å². The molecular weight excluding hydrogens is 478 g/mol. The second-order valence-electron chi connectivity index (χ2n) is 9.51. The molecule has 0 aliphatic carbocycles. The molecule has 2 amide bonds. The van der Waals surface area contributed by atoms with E-state index in [0.717, 1.165) is 33.3 Å². The smallest absolute Gasteiger partial charge is 0.254 e. The topological polar surface area (TPSA) is 72.8 Å². The molecule has 38 heavy (non-hydrogen) atoms. The summed E-state index contributed by atoms with van der Waals surface area (Å²) in [5.41, 5.74) is 4.27. The van der Waals surface area contributed by atoms with Gasteiger partial charge in [-0.15, -0.1) is 0 Å². The van der Waals surface area contributed by atoms with E-state index in [9.17, 15) is 9.59 Å². The summed E-state index contributed by atoms with van der Waals surface area (Å²) < 4.78 is 13.0. The lowest BCUT2D eigenvalue weighted by atomic mass is 9.79. The Morgan fingerprint density at radius 2 is 1.71 bits per heavy atom. The van der Waals surface area contributed by atoms with Crippen LogP contribution in [0, 0.1) is 0 Å². The number of amides is 2. The summed E-state index contributed by atoms with van der Waals surface area (Å²) in [7, 11) is 3.61. The summed E-state index contributed by atoms with van der Waals surface area (Å²) in [5, 5.41) is 4.18. The van der Waals surface area contributed by atoms with E-state index in [1.165, 1.54) is 0 Å². The van der Waals surface area contributed by atoms with Crippen LogP contribution in [0.2, 0.25) is 0 Å². The molecule has 0 spiro atoms. The van der Waals surface area contributed by atoms with Crippen molar-refractivity contribution < 1.29 is 19.1 Å². The standard InChI is InChI=1S/C31H33N3O4/c1-4-38-22-15-13-21(14-16-22)19-32-30(35)28-24-10-5-6-11-25(24)31(36)34(17-18-37-3)29(28)26-20-33(2)27-12-8-7-9-23(26)27/h5-16,20,28-29H,4,17-19H2,1-3H3,(H,32,35). The molecule has 0 bridgehead atoms. The minimum absolute atomic E-state index is 0.0915. The van der Waals surface area contributed by atoms with Crippen molar-refractivity contribution in [2.45, 2.75) is 25.4 Å². The number of nitrogens with one attached hydrogen (secondary N) is 1. The number of fused-ring (bicyclic) bond motifs is 2. The van der Waals surface area contributed by atoms with Gasteiger partial charge in [-0.05, 0) is 42.3 Å². The summed E-state index contributed by atoms with van der Waals surface area (Å²) in [6.45, 7) is 3.67. The number of benzene rings is 3. The van der Waals surface area contributed by atoms with Crippen LogP contribution >= 0.6 is 0 Å². The molecule has 1 aromatic heterocycles. The number of para-hydroxylation sites is 1. The van der Waals surface area contributed by atoms with Gasteiger partial charge < -0.3 is 24.3 Å². The number of hydrogen-bond acceptors (Lipinski definition) is 4. The first-order valence-corrected chi connectivity index (χ1v) is 13.0. The van der Waals surface area contributed by atoms with Gasteiger partial charge in [0.05, 0.1) is 25.2 Å². The maximum absolute atomic E-state index is 14.0. The van der Waals surface area contributed by atoms with Gasteiger partial charge in [0, 0.05) is 55.5 Å². The maximum Gasteiger partial charge on any atom is 0.254 e. The van der Waals surface area contributed by atoms with E-state index in [1.807, 2.05) is 80.8 Å². The van der Waals surface area contributed by atoms with Crippen molar-refractivity contribution in [3.8, 4) is 5.75 Å². The largest absolute Gasteiger partial charge is 0.494 e. The van der Waals surface area contributed by atoms with Gasteiger partial charge in [-0.1, -0.05) is 48.5 Å². The van der Waals surface area contributed by atoms with Crippen LogP contribution in [0.5, 0.6) is 5.75 Å². The molecule has 3 aromatic carbocycles. The number of carbonyl (C=O) groups is 2. The normalized spacial score (nSPS) is 16.9. The number of ether oxygens (including phenoxy) is 2. The lowest BCUT2D eigenvalue weighted by molar-refractivity contribution is -0.124. The molecule has 2 atom stereocenters. The lowest BCUT2D eigenvalue weighted by Gasteiger charge is -2.41. The monoisotopic (exact) mass is 511 g/mol. The van der Waals surface area contributed by atoms with Crippen LogP contribution in [0.25, 0.3) is 10.9 Å². The van der Waals surface area contributed by atoms with Gasteiger partial charge in [0.2, 0.25) is 5.91 Å². The van der Waals surface area contributed by atoms with Crippen LogP contribution in [0.1, 0.15) is 45.9 Å². The van der Waals surface area contributed by atoms with E-state index in [4.69, 9.17) is 9.47 Å². The van der Waals surface area contributed by atoms with Crippen LogP contribution in [-0.4, -0.2) is 48.1 Å². The van der Waals surface area contributed by atoms with Gasteiger partial charge in [0.1, 0.15) is 5.75 Å². The molecule has 4 aromatic rings. The third-order valence-corrected chi connectivity index (χ3v) is 7.20. The van der Waals surface area contributed by atoms with Crippen molar-refractivity contribution in [1.82, 2.24) is 14.8 Å². The van der Waals surface area contributed by atoms with E-state index < -0.39 is 12.0 Å². The molecule has 0 radical (unpaired) electrons. The highest BCUT2D eigenvalue weighted by molar-refractivity contribution is 6.02. The number of hydrogen-bond donors (Lipinski definition) is 1. The molecule has 1 aliphatic rings. The predicted octanol–water partition coefficient (Wildman–Crippen LogP) is 4.82. The second kappa shape index (κ2) is 11.1. The molecule has 0 saturated carbocycles. The number of methoxy groups -OCH3 is 1. The van der Waals surface area contributed by atoms with E-state index in [1.54, 1.807) is 12.0 Å². The quantitative estimate of drug-likeness (QED) is 0.350. The number of aryl methyl sites for hydroxylation is 1. The van der Waals surface area contributed by atoms with E-state index in [2.05, 4.69) is 22.0 Å². The third kappa shape index (κ3) is 4.77. The van der Waals surface area contributed by atoms with Crippen LogP contribution in [0.15, 0.2) is 79.0 Å². The number of aromatic nitrogens is 1. The van der Waals surface area contributed by atoms with Gasteiger partial charge in [-0.3, -0.25) is 9.59 Å². The van der Waals surface area contributed by atoms with Gasteiger partial charge in [-0.25, -0.2) is 0 Å². The van der Waals surface area contributed by atoms with Crippen LogP contribution in [0.4, 0.5) is 0 Å². The summed E-state index contributed by atoms with van der Waals surface area (Å²) >= 11 is 0. The third-order valence-electron chi connectivity index (χ3n) is 7.20. The number of nitrogens with zero attached hydrogens (tertiary/aromatic N) is 2. The Morgan fingerprint density at radius 1 is 0.974 bits per heavy atom. The average molecular weight is 512 g/mol. The Bertz CT molecular complexity index is 1440. The fraction of sp³-hybridized carbons (Fsp3) is 0.290. The summed E-state index contributed by atoms with van der Waals surface area (Å²) in [6.07, 6.45) is 2.04. The van der Waals surface area contributed by atoms with Crippen molar-refractivity contribution in [3.05, 3.63) is 101 Å². The Kier molecular flexibility index (Phi) is 7.47. The molecule has 2 unspecified atom stereocenters. The summed E-state index contributed by atoms with van der Waals surface area (Å²) in [4.78, 5) is 29.6. The summed E-state index contributed by atoms with van der Waals surface area (Å²) in [5.74, 6) is -0.00769. The van der Waals surface area contributed by atoms with Crippen molar-refractivity contribution in [2.24, 2.45) is 7.05 Å². The van der Waals surface area contributed by atoms with Crippen molar-refractivity contribution in [2.75, 3.05) is 26.9 Å². The van der Waals surface area contributed by atoms with E-state index >= 15 is 0 Å². The first-order valence-electron chi connectivity index (χ1n) is 13.0. The highest BCUT2D eigenvalue weighted by atomic mass is 16.5. The zero-order valence-corrected chi connectivity index (χ0v) is 22.0. The molecule has 1 aliphatic heterocycles. The average Bonchev–Trinajstić information content (AvgIpc) is 3.28. The molecule has 196 valence electrons. The Morgan fingerprint density at radius 3 is 2.47 bits per heavy atom. The molecule has 7 heteroatoms. The van der Waals surface area contributed by atoms with Gasteiger partial charge in [0.25, 0.3) is 5.91 Å². The lowest BCUT2D eigenvalue weighted by Crippen LogP contribution is -2.48. The Labute approximate surface area is 223 Å². The van der Waals surface area contributed by atoms with Crippen LogP contribution in [-0.2, 0) is 23.1 Å². The zero-order valence-electron chi connectivity index (χ0n) is 22.0. The highest BCUT2D eigenvalue weighted by Crippen LogP contribution is 2.45. The predicted molar refractivity (Wildman–Crippen MR) is 147 cm³/mol. The molecule has 7 nitrogen and oxygen atoms in total. The fourth-order valence-corrected chi connectivity index (χ4v) is 5.43. The highest BCUT2D eigenvalue weighted by Gasteiger charge is 2.44. The zero-order chi connectivity index (χ0) is 26.6. The maximum atomic E-state index is 14.0. The second-order valence-corrected chi connectivity index (χ2v) is 9.51. The number of rotatable bonds is 9. The summed E-state index contributed by atoms with van der Waals surface area (Å²) in [6, 6.07) is 22.8. The SMILES string of the molecule is CCOc1ccc(CNC(=O)C2c3ccccc3C(=O)N(CCOC)C2c2cn(C)c3ccccc23)cc1. The molecular formula is C31H33N3O4. The van der Waals surface area contributed by atoms with Gasteiger partial charge in [-0.2, -0.15) is 0 Å². The van der Waals surface area contributed by atoms with Crippen molar-refractivity contribution >= 4 is 22.7 Å². The van der Waals surface area contributed by atoms with Crippen molar-refractivity contribution in [3.63, 3.8) is 0 Å². The Balaban J connectivity index is 1.56.